The quantitative estimate of drug-likeness (QED) is 0.434. The van der Waals surface area contributed by atoms with Crippen LogP contribution < -0.4 is 0 Å². The minimum Gasteiger partial charge on any atom is -0.463 e. The molecule has 0 rings (SSSR count). The van der Waals surface area contributed by atoms with Gasteiger partial charge in [-0.25, -0.2) is 0 Å². The topological polar surface area (TPSA) is 85.2 Å². The van der Waals surface area contributed by atoms with Crippen molar-refractivity contribution < 1.29 is 29.2 Å². The summed E-state index contributed by atoms with van der Waals surface area (Å²) in [7, 11) is 1.56. The molecule has 0 aliphatic rings. The highest BCUT2D eigenvalue weighted by atomic mass is 16.6. The smallest absolute Gasteiger partial charge is 0.302 e. The maximum Gasteiger partial charge on any atom is 0.302 e. The number of ether oxygens (including phenoxy) is 3. The van der Waals surface area contributed by atoms with Gasteiger partial charge in [0.15, 0.2) is 0 Å². The molecule has 0 radical (unpaired) electrons. The summed E-state index contributed by atoms with van der Waals surface area (Å²) in [5.74, 6) is -0.262. The third kappa shape index (κ3) is 24.7. The molecular weight excluding hydrogens is 204 g/mol. The van der Waals surface area contributed by atoms with Gasteiger partial charge in [-0.05, 0) is 0 Å². The third-order valence-electron chi connectivity index (χ3n) is 1.06. The van der Waals surface area contributed by atoms with E-state index in [1.165, 1.54) is 6.92 Å². The molecule has 0 unspecified atom stereocenters. The van der Waals surface area contributed by atoms with Gasteiger partial charge in [0.05, 0.1) is 33.0 Å². The number of hydrogen-bond donors (Lipinski definition) is 2. The van der Waals surface area contributed by atoms with Crippen molar-refractivity contribution in [3.63, 3.8) is 0 Å². The molecular formula is C9H20O6. The molecule has 0 atom stereocenters. The van der Waals surface area contributed by atoms with Gasteiger partial charge in [-0.1, -0.05) is 0 Å². The first-order valence-corrected chi connectivity index (χ1v) is 4.60. The Labute approximate surface area is 89.8 Å². The molecule has 0 aromatic carbocycles. The Kier molecular flexibility index (Phi) is 17.6. The van der Waals surface area contributed by atoms with Gasteiger partial charge in [-0.15, -0.1) is 0 Å². The van der Waals surface area contributed by atoms with Crippen molar-refractivity contribution in [2.24, 2.45) is 0 Å². The van der Waals surface area contributed by atoms with E-state index in [1.54, 1.807) is 7.11 Å². The van der Waals surface area contributed by atoms with Crippen molar-refractivity contribution in [3.05, 3.63) is 0 Å². The Morgan fingerprint density at radius 3 is 1.93 bits per heavy atom. The van der Waals surface area contributed by atoms with Crippen molar-refractivity contribution in [2.45, 2.75) is 6.92 Å². The van der Waals surface area contributed by atoms with Gasteiger partial charge in [0.2, 0.25) is 0 Å². The first-order chi connectivity index (χ1) is 7.18. The van der Waals surface area contributed by atoms with Crippen molar-refractivity contribution in [3.8, 4) is 0 Å². The first kappa shape index (κ1) is 16.7. The van der Waals surface area contributed by atoms with Crippen LogP contribution in [0.3, 0.4) is 0 Å². The van der Waals surface area contributed by atoms with E-state index in [4.69, 9.17) is 10.2 Å². The average Bonchev–Trinajstić information content (AvgIpc) is 2.20. The standard InChI is InChI=1S/C5H10O3.C4H10O3/c1-5(6)8-4-3-7-2;5-1-3-7-4-2-6/h3-4H2,1-2H3;5-6H,1-4H2. The average molecular weight is 224 g/mol. The Hall–Kier alpha value is -0.690. The fraction of sp³-hybridized carbons (Fsp3) is 0.889. The lowest BCUT2D eigenvalue weighted by Crippen LogP contribution is -2.05. The second-order valence-electron chi connectivity index (χ2n) is 2.39. The predicted molar refractivity (Wildman–Crippen MR) is 53.5 cm³/mol. The van der Waals surface area contributed by atoms with E-state index in [0.717, 1.165) is 0 Å². The Morgan fingerprint density at radius 1 is 1.07 bits per heavy atom. The van der Waals surface area contributed by atoms with Gasteiger partial charge in [0.1, 0.15) is 6.61 Å². The van der Waals surface area contributed by atoms with E-state index in [0.29, 0.717) is 26.4 Å². The number of aliphatic hydroxyl groups excluding tert-OH is 2. The molecule has 0 aromatic rings. The Morgan fingerprint density at radius 2 is 1.60 bits per heavy atom. The summed E-state index contributed by atoms with van der Waals surface area (Å²) < 4.78 is 13.8. The molecule has 0 heterocycles. The summed E-state index contributed by atoms with van der Waals surface area (Å²) >= 11 is 0. The van der Waals surface area contributed by atoms with Crippen LogP contribution in [-0.4, -0.2) is 62.9 Å². The van der Waals surface area contributed by atoms with E-state index < -0.39 is 0 Å². The Balaban J connectivity index is 0. The minimum absolute atomic E-state index is 0.0278. The molecule has 0 saturated heterocycles. The van der Waals surface area contributed by atoms with Crippen LogP contribution in [0.15, 0.2) is 0 Å². The summed E-state index contributed by atoms with van der Waals surface area (Å²) in [5, 5.41) is 16.2. The van der Waals surface area contributed by atoms with E-state index in [1.807, 2.05) is 0 Å². The van der Waals surface area contributed by atoms with Gasteiger partial charge in [-0.2, -0.15) is 0 Å². The summed E-state index contributed by atoms with van der Waals surface area (Å²) in [6, 6.07) is 0. The molecule has 0 aromatic heterocycles. The largest absolute Gasteiger partial charge is 0.463 e. The summed E-state index contributed by atoms with van der Waals surface area (Å²) in [6.45, 7) is 2.89. The maximum absolute atomic E-state index is 10.0. The molecule has 0 bridgehead atoms. The molecule has 2 N–H and O–H groups in total. The lowest BCUT2D eigenvalue weighted by molar-refractivity contribution is -0.142. The lowest BCUT2D eigenvalue weighted by atomic mass is 10.7. The number of esters is 1. The highest BCUT2D eigenvalue weighted by molar-refractivity contribution is 5.65. The van der Waals surface area contributed by atoms with Crippen molar-refractivity contribution in [1.82, 2.24) is 0 Å². The fourth-order valence-electron chi connectivity index (χ4n) is 0.500. The van der Waals surface area contributed by atoms with Crippen LogP contribution in [0.2, 0.25) is 0 Å². The highest BCUT2D eigenvalue weighted by Crippen LogP contribution is 1.74. The molecule has 0 saturated carbocycles. The molecule has 92 valence electrons. The molecule has 0 amide bonds. The fourth-order valence-corrected chi connectivity index (χ4v) is 0.500. The second-order valence-corrected chi connectivity index (χ2v) is 2.39. The highest BCUT2D eigenvalue weighted by Gasteiger charge is 1.88. The maximum atomic E-state index is 10.0. The van der Waals surface area contributed by atoms with Crippen LogP contribution in [0.1, 0.15) is 6.92 Å². The van der Waals surface area contributed by atoms with Gasteiger partial charge < -0.3 is 24.4 Å². The van der Waals surface area contributed by atoms with E-state index in [-0.39, 0.29) is 19.2 Å². The number of carbonyl (C=O) groups is 1. The molecule has 6 nitrogen and oxygen atoms in total. The van der Waals surface area contributed by atoms with Crippen LogP contribution in [0.25, 0.3) is 0 Å². The summed E-state index contributed by atoms with van der Waals surface area (Å²) in [6.07, 6.45) is 0. The molecule has 6 heteroatoms. The predicted octanol–water partition coefficient (Wildman–Crippen LogP) is -0.816. The zero-order valence-corrected chi connectivity index (χ0v) is 9.27. The second kappa shape index (κ2) is 15.8. The number of hydrogen-bond acceptors (Lipinski definition) is 6. The van der Waals surface area contributed by atoms with Gasteiger partial charge in [0.25, 0.3) is 0 Å². The zero-order chi connectivity index (χ0) is 11.9. The third-order valence-corrected chi connectivity index (χ3v) is 1.06. The van der Waals surface area contributed by atoms with Gasteiger partial charge in [0, 0.05) is 14.0 Å². The first-order valence-electron chi connectivity index (χ1n) is 4.60. The summed E-state index contributed by atoms with van der Waals surface area (Å²) in [4.78, 5) is 10.0. The molecule has 15 heavy (non-hydrogen) atoms. The minimum atomic E-state index is -0.262. The monoisotopic (exact) mass is 224 g/mol. The molecule has 0 aliphatic carbocycles. The summed E-state index contributed by atoms with van der Waals surface area (Å²) in [5.41, 5.74) is 0. The van der Waals surface area contributed by atoms with Gasteiger partial charge >= 0.3 is 5.97 Å². The number of carbonyl (C=O) groups excluding carboxylic acids is 1. The lowest BCUT2D eigenvalue weighted by Gasteiger charge is -1.97. The number of aliphatic hydroxyl groups is 2. The van der Waals surface area contributed by atoms with Crippen LogP contribution in [-0.2, 0) is 19.0 Å². The van der Waals surface area contributed by atoms with Crippen molar-refractivity contribution in [2.75, 3.05) is 46.8 Å². The SMILES string of the molecule is COCCOC(C)=O.OCCOCCO. The van der Waals surface area contributed by atoms with E-state index in [2.05, 4.69) is 14.2 Å². The normalized spacial score (nSPS) is 9.07. The molecule has 0 spiro atoms. The van der Waals surface area contributed by atoms with Crippen LogP contribution in [0.5, 0.6) is 0 Å². The van der Waals surface area contributed by atoms with Gasteiger partial charge in [-0.3, -0.25) is 4.79 Å². The molecule has 0 aliphatic heterocycles. The van der Waals surface area contributed by atoms with Crippen LogP contribution in [0, 0.1) is 0 Å². The van der Waals surface area contributed by atoms with Crippen LogP contribution in [0.4, 0.5) is 0 Å². The van der Waals surface area contributed by atoms with E-state index in [9.17, 15) is 4.79 Å². The number of rotatable bonds is 7. The van der Waals surface area contributed by atoms with Crippen molar-refractivity contribution >= 4 is 5.97 Å². The van der Waals surface area contributed by atoms with Crippen LogP contribution >= 0.6 is 0 Å². The Bertz CT molecular complexity index is 124. The number of methoxy groups -OCH3 is 1. The van der Waals surface area contributed by atoms with Crippen molar-refractivity contribution in [1.29, 1.82) is 0 Å². The molecule has 0 fully saturated rings. The zero-order valence-electron chi connectivity index (χ0n) is 9.27. The van der Waals surface area contributed by atoms with E-state index >= 15 is 0 Å².